The molecule has 0 bridgehead atoms. The second-order valence-electron chi connectivity index (χ2n) is 9.04. The molecule has 4 rings (SSSR count). The van der Waals surface area contributed by atoms with E-state index in [1.807, 2.05) is 42.2 Å². The van der Waals surface area contributed by atoms with Crippen molar-refractivity contribution in [2.75, 3.05) is 43.0 Å². The first-order chi connectivity index (χ1) is 19.2. The number of thiocarbonyl (C=S) groups is 1. The molecule has 1 aliphatic rings. The van der Waals surface area contributed by atoms with Crippen molar-refractivity contribution >= 4 is 57.8 Å². The molecular formula is C28H28ClN5O5S. The van der Waals surface area contributed by atoms with Gasteiger partial charge in [0.2, 0.25) is 0 Å². The van der Waals surface area contributed by atoms with Crippen molar-refractivity contribution in [1.29, 1.82) is 0 Å². The molecule has 1 fully saturated rings. The Balaban J connectivity index is 1.34. The largest absolute Gasteiger partial charge is 0.487 e. The zero-order valence-electron chi connectivity index (χ0n) is 22.0. The predicted octanol–water partition coefficient (Wildman–Crippen LogP) is 5.04. The molecule has 208 valence electrons. The number of piperazine rings is 1. The zero-order valence-corrected chi connectivity index (χ0v) is 23.6. The van der Waals surface area contributed by atoms with Crippen molar-refractivity contribution in [1.82, 2.24) is 10.2 Å². The number of hydrogen-bond acceptors (Lipinski definition) is 7. The van der Waals surface area contributed by atoms with Crippen LogP contribution in [0.25, 0.3) is 0 Å². The fraction of sp³-hybridized carbons (Fsp3) is 0.250. The number of anilines is 2. The summed E-state index contributed by atoms with van der Waals surface area (Å²) < 4.78 is 5.25. The van der Waals surface area contributed by atoms with Gasteiger partial charge in [0, 0.05) is 49.1 Å². The smallest absolute Gasteiger partial charge is 0.311 e. The minimum absolute atomic E-state index is 0.00804. The van der Waals surface area contributed by atoms with Crippen LogP contribution in [0, 0.1) is 17.0 Å². The van der Waals surface area contributed by atoms with E-state index in [0.717, 1.165) is 17.3 Å². The Morgan fingerprint density at radius 2 is 1.80 bits per heavy atom. The van der Waals surface area contributed by atoms with Gasteiger partial charge in [0.1, 0.15) is 0 Å². The summed E-state index contributed by atoms with van der Waals surface area (Å²) in [6, 6.07) is 16.8. The zero-order chi connectivity index (χ0) is 28.8. The summed E-state index contributed by atoms with van der Waals surface area (Å²) in [5.74, 6) is -0.498. The number of halogens is 1. The molecule has 1 heterocycles. The molecule has 3 aromatic carbocycles. The number of benzene rings is 3. The van der Waals surface area contributed by atoms with Crippen LogP contribution in [0.1, 0.15) is 33.2 Å². The molecular weight excluding hydrogens is 554 g/mol. The fourth-order valence-corrected chi connectivity index (χ4v) is 4.90. The number of nitrogens with zero attached hydrogens (tertiary/aromatic N) is 3. The molecule has 0 spiro atoms. The maximum absolute atomic E-state index is 12.9. The maximum atomic E-state index is 12.9. The van der Waals surface area contributed by atoms with Crippen LogP contribution in [0.2, 0.25) is 5.02 Å². The SMILES string of the molecule is CCOc1ccc(C(=O)NC(=S)Nc2ccc(N3CCN(C(=O)c4ccccc4C)CC3)c(Cl)c2)cc1[N+](=O)[O-]. The van der Waals surface area contributed by atoms with Crippen LogP contribution in [0.4, 0.5) is 17.1 Å². The fourth-order valence-electron chi connectivity index (χ4n) is 4.39. The number of carbonyl (C=O) groups is 2. The van der Waals surface area contributed by atoms with E-state index in [-0.39, 0.29) is 34.6 Å². The van der Waals surface area contributed by atoms with Crippen LogP contribution in [-0.2, 0) is 0 Å². The van der Waals surface area contributed by atoms with Crippen LogP contribution < -0.4 is 20.3 Å². The van der Waals surface area contributed by atoms with Gasteiger partial charge in [0.15, 0.2) is 10.9 Å². The topological polar surface area (TPSA) is 117 Å². The summed E-state index contributed by atoms with van der Waals surface area (Å²) in [6.07, 6.45) is 0. The predicted molar refractivity (Wildman–Crippen MR) is 159 cm³/mol. The van der Waals surface area contributed by atoms with E-state index >= 15 is 0 Å². The third kappa shape index (κ3) is 6.67. The quantitative estimate of drug-likeness (QED) is 0.226. The van der Waals surface area contributed by atoms with Crippen LogP contribution >= 0.6 is 23.8 Å². The van der Waals surface area contributed by atoms with E-state index in [1.165, 1.54) is 12.1 Å². The molecule has 2 N–H and O–H groups in total. The highest BCUT2D eigenvalue weighted by molar-refractivity contribution is 7.80. The molecule has 0 aromatic heterocycles. The van der Waals surface area contributed by atoms with Crippen LogP contribution in [0.15, 0.2) is 60.7 Å². The normalized spacial score (nSPS) is 13.0. The lowest BCUT2D eigenvalue weighted by molar-refractivity contribution is -0.385. The van der Waals surface area contributed by atoms with Crippen molar-refractivity contribution in [2.45, 2.75) is 13.8 Å². The highest BCUT2D eigenvalue weighted by atomic mass is 35.5. The first-order valence-electron chi connectivity index (χ1n) is 12.6. The van der Waals surface area contributed by atoms with Crippen LogP contribution in [0.3, 0.4) is 0 Å². The molecule has 1 saturated heterocycles. The third-order valence-electron chi connectivity index (χ3n) is 6.43. The molecule has 3 aromatic rings. The molecule has 2 amide bonds. The molecule has 0 aliphatic carbocycles. The highest BCUT2D eigenvalue weighted by Crippen LogP contribution is 2.30. The standard InChI is InChI=1S/C28H28ClN5O5S/c1-3-39-25-11-8-19(16-24(25)34(37)38)26(35)31-28(40)30-20-9-10-23(22(29)17-20)32-12-14-33(15-13-32)27(36)21-7-5-4-6-18(21)2/h4-11,16-17H,3,12-15H2,1-2H3,(H2,30,31,35,40). The van der Waals surface area contributed by atoms with Gasteiger partial charge < -0.3 is 19.9 Å². The lowest BCUT2D eigenvalue weighted by Crippen LogP contribution is -2.49. The summed E-state index contributed by atoms with van der Waals surface area (Å²) in [4.78, 5) is 40.3. The van der Waals surface area contributed by atoms with Crippen molar-refractivity contribution in [2.24, 2.45) is 0 Å². The highest BCUT2D eigenvalue weighted by Gasteiger charge is 2.24. The molecule has 0 unspecified atom stereocenters. The Morgan fingerprint density at radius 1 is 1.07 bits per heavy atom. The Labute approximate surface area is 242 Å². The van der Waals surface area contributed by atoms with E-state index in [4.69, 9.17) is 28.6 Å². The lowest BCUT2D eigenvalue weighted by atomic mass is 10.1. The summed E-state index contributed by atoms with van der Waals surface area (Å²) in [5.41, 5.74) is 2.81. The van der Waals surface area contributed by atoms with E-state index in [0.29, 0.717) is 42.5 Å². The minimum Gasteiger partial charge on any atom is -0.487 e. The Hall–Kier alpha value is -4.22. The second kappa shape index (κ2) is 12.8. The number of aryl methyl sites for hydroxylation is 1. The summed E-state index contributed by atoms with van der Waals surface area (Å²) in [6.45, 7) is 6.31. The second-order valence-corrected chi connectivity index (χ2v) is 9.86. The van der Waals surface area contributed by atoms with E-state index in [9.17, 15) is 19.7 Å². The number of carbonyl (C=O) groups excluding carboxylic acids is 2. The number of ether oxygens (including phenoxy) is 1. The van der Waals surface area contributed by atoms with E-state index in [1.54, 1.807) is 19.1 Å². The van der Waals surface area contributed by atoms with Crippen molar-refractivity contribution < 1.29 is 19.2 Å². The van der Waals surface area contributed by atoms with Gasteiger partial charge >= 0.3 is 5.69 Å². The Kier molecular flexibility index (Phi) is 9.18. The maximum Gasteiger partial charge on any atom is 0.311 e. The number of amides is 2. The molecule has 40 heavy (non-hydrogen) atoms. The molecule has 0 radical (unpaired) electrons. The molecule has 0 saturated carbocycles. The summed E-state index contributed by atoms with van der Waals surface area (Å²) in [7, 11) is 0. The molecule has 10 nitrogen and oxygen atoms in total. The van der Waals surface area contributed by atoms with Gasteiger partial charge in [0.05, 0.1) is 22.2 Å². The number of nitrogens with one attached hydrogen (secondary N) is 2. The van der Waals surface area contributed by atoms with Crippen molar-refractivity contribution in [3.05, 3.63) is 92.5 Å². The molecule has 12 heteroatoms. The number of rotatable bonds is 7. The van der Waals surface area contributed by atoms with E-state index in [2.05, 4.69) is 15.5 Å². The monoisotopic (exact) mass is 581 g/mol. The first kappa shape index (κ1) is 28.8. The van der Waals surface area contributed by atoms with E-state index < -0.39 is 10.8 Å². The van der Waals surface area contributed by atoms with Crippen molar-refractivity contribution in [3.63, 3.8) is 0 Å². The van der Waals surface area contributed by atoms with Gasteiger partial charge in [-0.3, -0.25) is 25.0 Å². The first-order valence-corrected chi connectivity index (χ1v) is 13.4. The Bertz CT molecular complexity index is 1460. The van der Waals surface area contributed by atoms with Gasteiger partial charge in [-0.15, -0.1) is 0 Å². The van der Waals surface area contributed by atoms with Crippen molar-refractivity contribution in [3.8, 4) is 5.75 Å². The van der Waals surface area contributed by atoms with Gasteiger partial charge in [-0.1, -0.05) is 29.8 Å². The van der Waals surface area contributed by atoms with Gasteiger partial charge in [-0.05, 0) is 68.0 Å². The number of nitro benzene ring substituents is 1. The summed E-state index contributed by atoms with van der Waals surface area (Å²) in [5, 5.41) is 17.3. The molecule has 0 atom stereocenters. The van der Waals surface area contributed by atoms with Gasteiger partial charge in [-0.25, -0.2) is 0 Å². The van der Waals surface area contributed by atoms with Gasteiger partial charge in [-0.2, -0.15) is 0 Å². The van der Waals surface area contributed by atoms with Crippen LogP contribution in [0.5, 0.6) is 5.75 Å². The molecule has 1 aliphatic heterocycles. The number of nitro groups is 1. The van der Waals surface area contributed by atoms with Crippen LogP contribution in [-0.4, -0.2) is 59.5 Å². The third-order valence-corrected chi connectivity index (χ3v) is 6.94. The Morgan fingerprint density at radius 3 is 2.45 bits per heavy atom. The number of hydrogen-bond donors (Lipinski definition) is 2. The summed E-state index contributed by atoms with van der Waals surface area (Å²) >= 11 is 11.8. The minimum atomic E-state index is -0.607. The average molecular weight is 582 g/mol. The lowest BCUT2D eigenvalue weighted by Gasteiger charge is -2.36. The van der Waals surface area contributed by atoms with Gasteiger partial charge in [0.25, 0.3) is 11.8 Å². The average Bonchev–Trinajstić information content (AvgIpc) is 2.93.